The number of hydrogen-bond acceptors (Lipinski definition) is 6. The van der Waals surface area contributed by atoms with Crippen molar-refractivity contribution in [3.8, 4) is 5.75 Å². The van der Waals surface area contributed by atoms with Crippen LogP contribution in [-0.4, -0.2) is 20.4 Å². The van der Waals surface area contributed by atoms with Gasteiger partial charge in [0.25, 0.3) is 0 Å². The van der Waals surface area contributed by atoms with Crippen LogP contribution in [0.1, 0.15) is 30.0 Å². The Kier molecular flexibility index (Phi) is 6.09. The lowest BCUT2D eigenvalue weighted by Gasteiger charge is -2.16. The Morgan fingerprint density at radius 3 is 2.37 bits per heavy atom. The zero-order chi connectivity index (χ0) is 22.1. The molecule has 0 saturated heterocycles. The first-order chi connectivity index (χ1) is 14.1. The van der Waals surface area contributed by atoms with Crippen molar-refractivity contribution in [2.45, 2.75) is 45.1 Å². The van der Waals surface area contributed by atoms with Crippen LogP contribution in [-0.2, 0) is 14.8 Å². The summed E-state index contributed by atoms with van der Waals surface area (Å²) < 4.78 is 38.2. The molecule has 1 N–H and O–H groups in total. The van der Waals surface area contributed by atoms with Gasteiger partial charge in [0, 0.05) is 17.0 Å². The molecule has 0 aliphatic carbocycles. The van der Waals surface area contributed by atoms with E-state index in [1.165, 1.54) is 18.2 Å². The van der Waals surface area contributed by atoms with Gasteiger partial charge in [-0.2, -0.15) is 4.72 Å². The van der Waals surface area contributed by atoms with Gasteiger partial charge in [0.05, 0.1) is 4.90 Å². The van der Waals surface area contributed by atoms with Crippen LogP contribution in [0.15, 0.2) is 56.6 Å². The zero-order valence-electron chi connectivity index (χ0n) is 17.2. The predicted molar refractivity (Wildman–Crippen MR) is 113 cm³/mol. The Balaban J connectivity index is 1.82. The number of hydrogen-bond donors (Lipinski definition) is 1. The molecule has 0 fully saturated rings. The van der Waals surface area contributed by atoms with Crippen LogP contribution in [0.5, 0.6) is 5.75 Å². The molecular formula is C22H23NO6S. The maximum absolute atomic E-state index is 12.6. The number of esters is 1. The molecule has 1 aromatic heterocycles. The van der Waals surface area contributed by atoms with Crippen LogP contribution in [0.2, 0.25) is 0 Å². The van der Waals surface area contributed by atoms with Crippen molar-refractivity contribution in [2.75, 3.05) is 0 Å². The molecule has 3 aromatic rings. The van der Waals surface area contributed by atoms with Crippen molar-refractivity contribution in [1.29, 1.82) is 0 Å². The third-order valence-corrected chi connectivity index (χ3v) is 6.46. The van der Waals surface area contributed by atoms with Crippen LogP contribution in [0.25, 0.3) is 11.0 Å². The predicted octanol–water partition coefficient (Wildman–Crippen LogP) is 3.38. The Bertz CT molecular complexity index is 1260. The molecular weight excluding hydrogens is 406 g/mol. The zero-order valence-corrected chi connectivity index (χ0v) is 18.0. The van der Waals surface area contributed by atoms with Gasteiger partial charge in [-0.15, -0.1) is 0 Å². The van der Waals surface area contributed by atoms with E-state index in [9.17, 15) is 18.0 Å². The average Bonchev–Trinajstić information content (AvgIpc) is 2.70. The van der Waals surface area contributed by atoms with Crippen LogP contribution < -0.4 is 15.1 Å². The van der Waals surface area contributed by atoms with Gasteiger partial charge in [-0.3, -0.25) is 0 Å². The molecule has 158 valence electrons. The molecule has 2 aromatic carbocycles. The second-order valence-corrected chi connectivity index (χ2v) is 8.83. The maximum atomic E-state index is 12.6. The minimum absolute atomic E-state index is 0.0673. The summed E-state index contributed by atoms with van der Waals surface area (Å²) in [5.74, 6) is -0.592. The number of ether oxygens (including phenoxy) is 1. The van der Waals surface area contributed by atoms with Gasteiger partial charge in [-0.05, 0) is 57.0 Å². The summed E-state index contributed by atoms with van der Waals surface area (Å²) in [5.41, 5.74) is 2.07. The smallest absolute Gasteiger partial charge is 0.339 e. The van der Waals surface area contributed by atoms with E-state index in [1.807, 2.05) is 13.8 Å². The van der Waals surface area contributed by atoms with E-state index in [-0.39, 0.29) is 17.1 Å². The molecule has 1 heterocycles. The van der Waals surface area contributed by atoms with E-state index in [0.717, 1.165) is 16.5 Å². The molecule has 1 atom stereocenters. The summed E-state index contributed by atoms with van der Waals surface area (Å²) >= 11 is 0. The van der Waals surface area contributed by atoms with Crippen molar-refractivity contribution in [2.24, 2.45) is 0 Å². The van der Waals surface area contributed by atoms with E-state index in [0.29, 0.717) is 11.1 Å². The molecule has 8 heteroatoms. The van der Waals surface area contributed by atoms with Gasteiger partial charge in [0.1, 0.15) is 17.4 Å². The number of rotatable bonds is 6. The van der Waals surface area contributed by atoms with Gasteiger partial charge >= 0.3 is 11.6 Å². The van der Waals surface area contributed by atoms with Gasteiger partial charge in [-0.25, -0.2) is 18.0 Å². The highest BCUT2D eigenvalue weighted by Gasteiger charge is 2.26. The summed E-state index contributed by atoms with van der Waals surface area (Å²) in [5, 5.41) is 0.735. The first-order valence-corrected chi connectivity index (χ1v) is 11.0. The van der Waals surface area contributed by atoms with Crippen LogP contribution in [0, 0.1) is 20.8 Å². The molecule has 0 spiro atoms. The Morgan fingerprint density at radius 2 is 1.73 bits per heavy atom. The summed E-state index contributed by atoms with van der Waals surface area (Å²) in [4.78, 5) is 24.6. The topological polar surface area (TPSA) is 103 Å². The van der Waals surface area contributed by atoms with Crippen molar-refractivity contribution >= 4 is 27.0 Å². The van der Waals surface area contributed by atoms with Crippen molar-refractivity contribution in [3.63, 3.8) is 0 Å². The third kappa shape index (κ3) is 4.44. The monoisotopic (exact) mass is 429 g/mol. The molecule has 3 rings (SSSR count). The molecule has 0 aliphatic rings. The third-order valence-electron chi connectivity index (χ3n) is 4.97. The fraction of sp³-hybridized carbons (Fsp3) is 0.273. The Labute approximate surface area is 174 Å². The molecule has 7 nitrogen and oxygen atoms in total. The highest BCUT2D eigenvalue weighted by atomic mass is 32.2. The van der Waals surface area contributed by atoms with Crippen LogP contribution in [0.4, 0.5) is 0 Å². The number of fused-ring (bicyclic) bond motifs is 1. The second kappa shape index (κ2) is 8.41. The second-order valence-electron chi connectivity index (χ2n) is 7.11. The van der Waals surface area contributed by atoms with Crippen LogP contribution in [0.3, 0.4) is 0 Å². The molecule has 0 aliphatic heterocycles. The van der Waals surface area contributed by atoms with E-state index >= 15 is 0 Å². The summed E-state index contributed by atoms with van der Waals surface area (Å²) in [6.07, 6.45) is 0.199. The number of sulfonamides is 1. The van der Waals surface area contributed by atoms with Crippen molar-refractivity contribution in [1.82, 2.24) is 4.72 Å². The molecule has 30 heavy (non-hydrogen) atoms. The highest BCUT2D eigenvalue weighted by Crippen LogP contribution is 2.24. The van der Waals surface area contributed by atoms with Crippen LogP contribution >= 0.6 is 0 Å². The van der Waals surface area contributed by atoms with E-state index in [2.05, 4.69) is 4.72 Å². The minimum Gasteiger partial charge on any atom is -0.425 e. The molecule has 0 amide bonds. The normalized spacial score (nSPS) is 12.7. The fourth-order valence-electron chi connectivity index (χ4n) is 2.95. The first-order valence-electron chi connectivity index (χ1n) is 9.47. The lowest BCUT2D eigenvalue weighted by Crippen LogP contribution is -2.42. The SMILES string of the molecule is CC[C@@H](NS(=O)(=O)c1ccc(C)cc1)C(=O)Oc1ccc2c(C)c(C)c(=O)oc2c1. The van der Waals surface area contributed by atoms with E-state index < -0.39 is 27.7 Å². The summed E-state index contributed by atoms with van der Waals surface area (Å²) in [7, 11) is -3.89. The van der Waals surface area contributed by atoms with Gasteiger partial charge in [-0.1, -0.05) is 24.6 Å². The van der Waals surface area contributed by atoms with Gasteiger partial charge in [0.15, 0.2) is 0 Å². The Hall–Kier alpha value is -2.97. The van der Waals surface area contributed by atoms with E-state index in [4.69, 9.17) is 9.15 Å². The molecule has 0 radical (unpaired) electrons. The number of carbonyl (C=O) groups is 1. The highest BCUT2D eigenvalue weighted by molar-refractivity contribution is 7.89. The summed E-state index contributed by atoms with van der Waals surface area (Å²) in [6.45, 7) is 7.02. The quantitative estimate of drug-likeness (QED) is 0.366. The maximum Gasteiger partial charge on any atom is 0.339 e. The number of carbonyl (C=O) groups excluding carboxylic acids is 1. The minimum atomic E-state index is -3.89. The Morgan fingerprint density at radius 1 is 1.07 bits per heavy atom. The van der Waals surface area contributed by atoms with Crippen molar-refractivity contribution in [3.05, 3.63) is 69.6 Å². The number of nitrogens with one attached hydrogen (secondary N) is 1. The standard InChI is InChI=1S/C22H23NO6S/c1-5-19(23-30(26,27)17-9-6-13(2)7-10-17)22(25)28-16-8-11-18-14(3)15(4)21(24)29-20(18)12-16/h6-12,19,23H,5H2,1-4H3/t19-/m1/s1. The lowest BCUT2D eigenvalue weighted by atomic mass is 10.1. The molecule has 0 unspecified atom stereocenters. The summed E-state index contributed by atoms with van der Waals surface area (Å²) in [6, 6.07) is 9.97. The number of benzene rings is 2. The average molecular weight is 429 g/mol. The van der Waals surface area contributed by atoms with Gasteiger partial charge in [0.2, 0.25) is 10.0 Å². The fourth-order valence-corrected chi connectivity index (χ4v) is 4.22. The molecule has 0 saturated carbocycles. The molecule has 0 bridgehead atoms. The lowest BCUT2D eigenvalue weighted by molar-refractivity contribution is -0.136. The van der Waals surface area contributed by atoms with Gasteiger partial charge < -0.3 is 9.15 Å². The largest absolute Gasteiger partial charge is 0.425 e. The first kappa shape index (κ1) is 21.7. The van der Waals surface area contributed by atoms with Crippen molar-refractivity contribution < 1.29 is 22.4 Å². The van der Waals surface area contributed by atoms with E-state index in [1.54, 1.807) is 38.1 Å². The number of aryl methyl sites for hydroxylation is 2.